The monoisotopic (exact) mass is 281 g/mol. The second kappa shape index (κ2) is 5.87. The molecule has 0 bridgehead atoms. The number of nitriles is 1. The highest BCUT2D eigenvalue weighted by molar-refractivity contribution is 6.34. The molecule has 1 aromatic rings. The molecule has 1 atom stereocenters. The van der Waals surface area contributed by atoms with Crippen molar-refractivity contribution in [1.82, 2.24) is 4.98 Å². The van der Waals surface area contributed by atoms with Crippen LogP contribution in [-0.2, 0) is 14.3 Å². The minimum Gasteiger partial charge on any atom is -0.467 e. The zero-order valence-corrected chi connectivity index (χ0v) is 11.1. The third kappa shape index (κ3) is 2.62. The standard InChI is InChI=1S/C12H12ClN3O3/c1-18-12(17)9-7-19-5-4-16(9)11-10(13)8(6-14)2-3-15-11/h2-3,9H,4-5,7H2,1H3. The van der Waals surface area contributed by atoms with E-state index in [9.17, 15) is 4.79 Å². The van der Waals surface area contributed by atoms with E-state index in [1.807, 2.05) is 6.07 Å². The molecule has 0 spiro atoms. The number of methoxy groups -OCH3 is 1. The number of anilines is 1. The molecule has 0 radical (unpaired) electrons. The van der Waals surface area contributed by atoms with Crippen molar-refractivity contribution in [3.63, 3.8) is 0 Å². The molecule has 1 aliphatic heterocycles. The molecular weight excluding hydrogens is 270 g/mol. The number of halogens is 1. The van der Waals surface area contributed by atoms with Crippen molar-refractivity contribution in [3.05, 3.63) is 22.8 Å². The first-order chi connectivity index (χ1) is 9.19. The Labute approximate surface area is 115 Å². The minimum absolute atomic E-state index is 0.210. The van der Waals surface area contributed by atoms with Gasteiger partial charge in [0.2, 0.25) is 0 Å². The maximum Gasteiger partial charge on any atom is 0.330 e. The summed E-state index contributed by atoms with van der Waals surface area (Å²) in [4.78, 5) is 17.6. The van der Waals surface area contributed by atoms with Gasteiger partial charge in [0, 0.05) is 12.7 Å². The van der Waals surface area contributed by atoms with Crippen molar-refractivity contribution in [1.29, 1.82) is 5.26 Å². The third-order valence-electron chi connectivity index (χ3n) is 2.87. The number of carbonyl (C=O) groups excluding carboxylic acids is 1. The molecule has 19 heavy (non-hydrogen) atoms. The van der Waals surface area contributed by atoms with Gasteiger partial charge in [0.15, 0.2) is 6.04 Å². The van der Waals surface area contributed by atoms with E-state index in [2.05, 4.69) is 4.98 Å². The fourth-order valence-electron chi connectivity index (χ4n) is 1.91. The number of aromatic nitrogens is 1. The van der Waals surface area contributed by atoms with Gasteiger partial charge in [-0.05, 0) is 6.07 Å². The van der Waals surface area contributed by atoms with Gasteiger partial charge in [-0.1, -0.05) is 11.6 Å². The van der Waals surface area contributed by atoms with Crippen molar-refractivity contribution in [2.75, 3.05) is 31.8 Å². The van der Waals surface area contributed by atoms with Gasteiger partial charge < -0.3 is 14.4 Å². The first kappa shape index (κ1) is 13.6. The number of esters is 1. The van der Waals surface area contributed by atoms with Crippen LogP contribution in [0.25, 0.3) is 0 Å². The summed E-state index contributed by atoms with van der Waals surface area (Å²) in [6, 6.07) is 2.91. The van der Waals surface area contributed by atoms with Gasteiger partial charge in [-0.3, -0.25) is 0 Å². The fraction of sp³-hybridized carbons (Fsp3) is 0.417. The Morgan fingerprint density at radius 3 is 3.21 bits per heavy atom. The van der Waals surface area contributed by atoms with Crippen molar-refractivity contribution in [2.45, 2.75) is 6.04 Å². The van der Waals surface area contributed by atoms with E-state index in [0.29, 0.717) is 24.5 Å². The summed E-state index contributed by atoms with van der Waals surface area (Å²) in [5.74, 6) is -0.0145. The zero-order chi connectivity index (χ0) is 13.8. The Hall–Kier alpha value is -1.84. The number of ether oxygens (including phenoxy) is 2. The SMILES string of the molecule is COC(=O)C1COCCN1c1nccc(C#N)c1Cl. The lowest BCUT2D eigenvalue weighted by Crippen LogP contribution is -2.51. The number of carbonyl (C=O) groups is 1. The second-order valence-corrected chi connectivity index (χ2v) is 4.29. The Kier molecular flexibility index (Phi) is 4.20. The highest BCUT2D eigenvalue weighted by Gasteiger charge is 2.32. The molecule has 1 fully saturated rings. The average Bonchev–Trinajstić information content (AvgIpc) is 2.47. The van der Waals surface area contributed by atoms with Gasteiger partial charge in [0.1, 0.15) is 16.9 Å². The van der Waals surface area contributed by atoms with Crippen molar-refractivity contribution in [2.24, 2.45) is 0 Å². The van der Waals surface area contributed by atoms with Crippen molar-refractivity contribution in [3.8, 4) is 6.07 Å². The van der Waals surface area contributed by atoms with E-state index in [4.69, 9.17) is 26.3 Å². The van der Waals surface area contributed by atoms with Crippen molar-refractivity contribution < 1.29 is 14.3 Å². The van der Waals surface area contributed by atoms with Gasteiger partial charge in [0.25, 0.3) is 0 Å². The molecule has 100 valence electrons. The van der Waals surface area contributed by atoms with Crippen LogP contribution in [0.3, 0.4) is 0 Å². The fourth-order valence-corrected chi connectivity index (χ4v) is 2.17. The normalized spacial score (nSPS) is 18.8. The molecule has 0 N–H and O–H groups in total. The van der Waals surface area contributed by atoms with Crippen LogP contribution in [0.1, 0.15) is 5.56 Å². The molecule has 0 aliphatic carbocycles. The van der Waals surface area contributed by atoms with Crippen molar-refractivity contribution >= 4 is 23.4 Å². The predicted molar refractivity (Wildman–Crippen MR) is 67.9 cm³/mol. The summed E-state index contributed by atoms with van der Waals surface area (Å²) >= 11 is 6.14. The second-order valence-electron chi connectivity index (χ2n) is 3.92. The van der Waals surface area contributed by atoms with Gasteiger partial charge in [0.05, 0.1) is 25.9 Å². The largest absolute Gasteiger partial charge is 0.467 e. The lowest BCUT2D eigenvalue weighted by molar-refractivity contribution is -0.144. The number of nitrogens with zero attached hydrogens (tertiary/aromatic N) is 3. The quantitative estimate of drug-likeness (QED) is 0.753. The summed E-state index contributed by atoms with van der Waals surface area (Å²) in [6.07, 6.45) is 1.49. The van der Waals surface area contributed by atoms with Gasteiger partial charge >= 0.3 is 5.97 Å². The molecule has 0 amide bonds. The van der Waals surface area contributed by atoms with Crippen LogP contribution >= 0.6 is 11.6 Å². The lowest BCUT2D eigenvalue weighted by Gasteiger charge is -2.34. The molecule has 7 heteroatoms. The van der Waals surface area contributed by atoms with Crippen LogP contribution in [0.2, 0.25) is 5.02 Å². The molecule has 6 nitrogen and oxygen atoms in total. The number of hydrogen-bond acceptors (Lipinski definition) is 6. The number of hydrogen-bond donors (Lipinski definition) is 0. The molecule has 1 aliphatic rings. The maximum absolute atomic E-state index is 11.7. The number of pyridine rings is 1. The van der Waals surface area contributed by atoms with E-state index in [-0.39, 0.29) is 11.6 Å². The third-order valence-corrected chi connectivity index (χ3v) is 3.24. The summed E-state index contributed by atoms with van der Waals surface area (Å²) < 4.78 is 10.0. The Morgan fingerprint density at radius 2 is 2.53 bits per heavy atom. The maximum atomic E-state index is 11.7. The highest BCUT2D eigenvalue weighted by atomic mass is 35.5. The summed E-state index contributed by atoms with van der Waals surface area (Å²) in [5.41, 5.74) is 0.321. The van der Waals surface area contributed by atoms with Crippen LogP contribution in [0.5, 0.6) is 0 Å². The van der Waals surface area contributed by atoms with E-state index in [1.165, 1.54) is 19.4 Å². The topological polar surface area (TPSA) is 75.5 Å². The van der Waals surface area contributed by atoms with Crippen LogP contribution in [0.4, 0.5) is 5.82 Å². The van der Waals surface area contributed by atoms with E-state index >= 15 is 0 Å². The lowest BCUT2D eigenvalue weighted by atomic mass is 10.2. The average molecular weight is 282 g/mol. The zero-order valence-electron chi connectivity index (χ0n) is 10.3. The molecule has 2 heterocycles. The van der Waals surface area contributed by atoms with Crippen LogP contribution in [0, 0.1) is 11.3 Å². The molecule has 1 saturated heterocycles. The minimum atomic E-state index is -0.599. The van der Waals surface area contributed by atoms with Gasteiger partial charge in [-0.25, -0.2) is 9.78 Å². The Bertz CT molecular complexity index is 529. The van der Waals surface area contributed by atoms with Crippen LogP contribution < -0.4 is 4.90 Å². The van der Waals surface area contributed by atoms with E-state index in [1.54, 1.807) is 4.90 Å². The first-order valence-corrected chi connectivity index (χ1v) is 6.03. The summed E-state index contributed by atoms with van der Waals surface area (Å²) in [5, 5.41) is 9.20. The van der Waals surface area contributed by atoms with Crippen LogP contribution in [-0.4, -0.2) is 43.9 Å². The predicted octanol–water partition coefficient (Wildman–Crippen LogP) is 0.985. The molecule has 2 rings (SSSR count). The number of rotatable bonds is 2. The molecular formula is C12H12ClN3O3. The number of morpholine rings is 1. The molecule has 0 aromatic carbocycles. The first-order valence-electron chi connectivity index (χ1n) is 5.66. The summed E-state index contributed by atoms with van der Waals surface area (Å²) in [6.45, 7) is 1.13. The van der Waals surface area contributed by atoms with E-state index < -0.39 is 12.0 Å². The van der Waals surface area contributed by atoms with E-state index in [0.717, 1.165) is 0 Å². The van der Waals surface area contributed by atoms with Gasteiger partial charge in [-0.2, -0.15) is 5.26 Å². The Balaban J connectivity index is 2.38. The summed E-state index contributed by atoms with van der Waals surface area (Å²) in [7, 11) is 1.32. The Morgan fingerprint density at radius 1 is 1.74 bits per heavy atom. The smallest absolute Gasteiger partial charge is 0.330 e. The molecule has 0 saturated carbocycles. The van der Waals surface area contributed by atoms with Crippen LogP contribution in [0.15, 0.2) is 12.3 Å². The molecule has 1 unspecified atom stereocenters. The molecule has 1 aromatic heterocycles. The van der Waals surface area contributed by atoms with Gasteiger partial charge in [-0.15, -0.1) is 0 Å². The highest BCUT2D eigenvalue weighted by Crippen LogP contribution is 2.29.